The minimum absolute atomic E-state index is 0.537. The van der Waals surface area contributed by atoms with E-state index in [-0.39, 0.29) is 0 Å². The van der Waals surface area contributed by atoms with Crippen LogP contribution in [0.2, 0.25) is 0 Å². The summed E-state index contributed by atoms with van der Waals surface area (Å²) in [6.45, 7) is 0. The molecule has 1 aliphatic carbocycles. The van der Waals surface area contributed by atoms with Crippen molar-refractivity contribution in [3.05, 3.63) is 35.4 Å². The Hall–Kier alpha value is -0.470. The van der Waals surface area contributed by atoms with Gasteiger partial charge in [0, 0.05) is 11.3 Å². The summed E-state index contributed by atoms with van der Waals surface area (Å²) in [4.78, 5) is 0. The van der Waals surface area contributed by atoms with Gasteiger partial charge in [0.15, 0.2) is 0 Å². The van der Waals surface area contributed by atoms with Crippen LogP contribution in [-0.4, -0.2) is 18.6 Å². The molecular weight excluding hydrogens is 190 g/mol. The summed E-state index contributed by atoms with van der Waals surface area (Å²) in [5, 5.41) is 4.17. The molecule has 0 fully saturated rings. The van der Waals surface area contributed by atoms with E-state index in [1.165, 1.54) is 24.0 Å². The fourth-order valence-electron chi connectivity index (χ4n) is 2.33. The Labute approximate surface area is 90.3 Å². The zero-order valence-corrected chi connectivity index (χ0v) is 9.60. The van der Waals surface area contributed by atoms with Gasteiger partial charge >= 0.3 is 0 Å². The molecule has 1 aromatic rings. The van der Waals surface area contributed by atoms with Gasteiger partial charge in [0.05, 0.1) is 0 Å². The number of hydrogen-bond donors (Lipinski definition) is 1. The summed E-state index contributed by atoms with van der Waals surface area (Å²) < 4.78 is 0. The molecule has 0 amide bonds. The van der Waals surface area contributed by atoms with Gasteiger partial charge in [-0.05, 0) is 37.3 Å². The molecule has 2 heteroatoms. The lowest BCUT2D eigenvalue weighted by Crippen LogP contribution is -2.31. The predicted octanol–water partition coefficient (Wildman–Crippen LogP) is 2.62. The second kappa shape index (κ2) is 4.37. The van der Waals surface area contributed by atoms with E-state index in [9.17, 15) is 0 Å². The topological polar surface area (TPSA) is 12.0 Å². The van der Waals surface area contributed by atoms with Gasteiger partial charge in [0.25, 0.3) is 0 Å². The molecule has 2 atom stereocenters. The third-order valence-corrected chi connectivity index (χ3v) is 4.19. The summed E-state index contributed by atoms with van der Waals surface area (Å²) >= 11 is 1.98. The largest absolute Gasteiger partial charge is 0.312 e. The van der Waals surface area contributed by atoms with Crippen LogP contribution < -0.4 is 5.32 Å². The maximum Gasteiger partial charge on any atom is 0.0440 e. The van der Waals surface area contributed by atoms with E-state index in [1.807, 2.05) is 11.8 Å². The number of rotatable bonds is 2. The summed E-state index contributed by atoms with van der Waals surface area (Å²) in [5.41, 5.74) is 3.03. The second-order valence-corrected chi connectivity index (χ2v) is 4.85. The molecule has 14 heavy (non-hydrogen) atoms. The molecule has 1 N–H and O–H groups in total. The summed E-state index contributed by atoms with van der Waals surface area (Å²) in [6.07, 6.45) is 4.74. The lowest BCUT2D eigenvalue weighted by molar-refractivity contribution is 0.511. The third kappa shape index (κ3) is 1.69. The van der Waals surface area contributed by atoms with Gasteiger partial charge in [-0.15, -0.1) is 0 Å². The standard InChI is InChI=1S/C12H17NS/c1-13-12-10-6-4-3-5-9(10)7-8-11(12)14-2/h3-6,11-13H,7-8H2,1-2H3. The highest BCUT2D eigenvalue weighted by atomic mass is 32.2. The zero-order chi connectivity index (χ0) is 9.97. The molecule has 0 radical (unpaired) electrons. The molecule has 2 unspecified atom stereocenters. The van der Waals surface area contributed by atoms with Crippen LogP contribution in [0.25, 0.3) is 0 Å². The van der Waals surface area contributed by atoms with Gasteiger partial charge < -0.3 is 5.32 Å². The molecule has 1 aromatic carbocycles. The minimum Gasteiger partial charge on any atom is -0.312 e. The molecular formula is C12H17NS. The van der Waals surface area contributed by atoms with E-state index in [4.69, 9.17) is 0 Å². The lowest BCUT2D eigenvalue weighted by atomic mass is 9.87. The second-order valence-electron chi connectivity index (χ2n) is 3.78. The Kier molecular flexibility index (Phi) is 3.14. The first-order valence-corrected chi connectivity index (χ1v) is 6.43. The van der Waals surface area contributed by atoms with Crippen molar-refractivity contribution in [3.8, 4) is 0 Å². The maximum absolute atomic E-state index is 3.44. The van der Waals surface area contributed by atoms with Crippen molar-refractivity contribution in [3.63, 3.8) is 0 Å². The van der Waals surface area contributed by atoms with Crippen LogP contribution in [0.1, 0.15) is 23.6 Å². The normalized spacial score (nSPS) is 25.9. The quantitative estimate of drug-likeness (QED) is 0.800. The molecule has 0 saturated carbocycles. The molecule has 0 saturated heterocycles. The monoisotopic (exact) mass is 207 g/mol. The van der Waals surface area contributed by atoms with E-state index in [0.717, 1.165) is 5.25 Å². The van der Waals surface area contributed by atoms with E-state index in [2.05, 4.69) is 42.9 Å². The van der Waals surface area contributed by atoms with Crippen molar-refractivity contribution in [1.82, 2.24) is 5.32 Å². The van der Waals surface area contributed by atoms with Crippen molar-refractivity contribution < 1.29 is 0 Å². The SMILES string of the molecule is CNC1c2ccccc2CCC1SC. The molecule has 1 aliphatic rings. The highest BCUT2D eigenvalue weighted by Gasteiger charge is 2.26. The molecule has 0 heterocycles. The zero-order valence-electron chi connectivity index (χ0n) is 8.79. The average molecular weight is 207 g/mol. The fraction of sp³-hybridized carbons (Fsp3) is 0.500. The highest BCUT2D eigenvalue weighted by Crippen LogP contribution is 2.35. The highest BCUT2D eigenvalue weighted by molar-refractivity contribution is 7.99. The number of aryl methyl sites for hydroxylation is 1. The number of fused-ring (bicyclic) bond motifs is 1. The maximum atomic E-state index is 3.44. The van der Waals surface area contributed by atoms with Crippen molar-refractivity contribution in [2.45, 2.75) is 24.1 Å². The molecule has 0 aliphatic heterocycles. The summed E-state index contributed by atoms with van der Waals surface area (Å²) in [6, 6.07) is 9.35. The number of benzene rings is 1. The van der Waals surface area contributed by atoms with Crippen LogP contribution in [0.4, 0.5) is 0 Å². The molecule has 76 valence electrons. The van der Waals surface area contributed by atoms with E-state index in [0.29, 0.717) is 6.04 Å². The van der Waals surface area contributed by atoms with Crippen molar-refractivity contribution in [1.29, 1.82) is 0 Å². The smallest absolute Gasteiger partial charge is 0.0440 e. The first-order valence-electron chi connectivity index (χ1n) is 5.14. The Morgan fingerprint density at radius 3 is 2.86 bits per heavy atom. The first kappa shape index (κ1) is 10.1. The van der Waals surface area contributed by atoms with Gasteiger partial charge in [-0.1, -0.05) is 24.3 Å². The molecule has 0 aromatic heterocycles. The van der Waals surface area contributed by atoms with Crippen LogP contribution in [0, 0.1) is 0 Å². The molecule has 2 rings (SSSR count). The van der Waals surface area contributed by atoms with Crippen LogP contribution >= 0.6 is 11.8 Å². The van der Waals surface area contributed by atoms with E-state index in [1.54, 1.807) is 0 Å². The van der Waals surface area contributed by atoms with Gasteiger partial charge in [-0.2, -0.15) is 11.8 Å². The predicted molar refractivity (Wildman–Crippen MR) is 63.9 cm³/mol. The van der Waals surface area contributed by atoms with Crippen LogP contribution in [0.15, 0.2) is 24.3 Å². The van der Waals surface area contributed by atoms with E-state index < -0.39 is 0 Å². The first-order chi connectivity index (χ1) is 6.86. The van der Waals surface area contributed by atoms with Crippen molar-refractivity contribution in [2.24, 2.45) is 0 Å². The van der Waals surface area contributed by atoms with Gasteiger partial charge in [0.1, 0.15) is 0 Å². The summed E-state index contributed by atoms with van der Waals surface area (Å²) in [7, 11) is 2.07. The van der Waals surface area contributed by atoms with Crippen LogP contribution in [0.3, 0.4) is 0 Å². The average Bonchev–Trinajstić information content (AvgIpc) is 2.27. The van der Waals surface area contributed by atoms with Crippen molar-refractivity contribution >= 4 is 11.8 Å². The third-order valence-electron chi connectivity index (χ3n) is 3.07. The Balaban J connectivity index is 2.34. The van der Waals surface area contributed by atoms with Gasteiger partial charge in [0.2, 0.25) is 0 Å². The number of hydrogen-bond acceptors (Lipinski definition) is 2. The van der Waals surface area contributed by atoms with Crippen molar-refractivity contribution in [2.75, 3.05) is 13.3 Å². The molecule has 1 nitrogen and oxygen atoms in total. The number of thioether (sulfide) groups is 1. The van der Waals surface area contributed by atoms with Gasteiger partial charge in [-0.3, -0.25) is 0 Å². The Morgan fingerprint density at radius 2 is 2.14 bits per heavy atom. The minimum atomic E-state index is 0.537. The fourth-order valence-corrected chi connectivity index (χ4v) is 3.23. The summed E-state index contributed by atoms with van der Waals surface area (Å²) in [5.74, 6) is 0. The lowest BCUT2D eigenvalue weighted by Gasteiger charge is -2.32. The molecule has 0 spiro atoms. The van der Waals surface area contributed by atoms with Gasteiger partial charge in [-0.25, -0.2) is 0 Å². The van der Waals surface area contributed by atoms with Crippen LogP contribution in [-0.2, 0) is 6.42 Å². The molecule has 0 bridgehead atoms. The number of nitrogens with one attached hydrogen (secondary N) is 1. The Morgan fingerprint density at radius 1 is 1.36 bits per heavy atom. The Bertz CT molecular complexity index is 311. The van der Waals surface area contributed by atoms with E-state index >= 15 is 0 Å². The van der Waals surface area contributed by atoms with Crippen LogP contribution in [0.5, 0.6) is 0 Å².